The summed E-state index contributed by atoms with van der Waals surface area (Å²) in [5.74, 6) is 1.35. The first-order chi connectivity index (χ1) is 8.56. The average Bonchev–Trinajstić information content (AvgIpc) is 2.72. The van der Waals surface area contributed by atoms with E-state index >= 15 is 0 Å². The molecule has 3 nitrogen and oxygen atoms in total. The fraction of sp³-hybridized carbons (Fsp3) is 0.308. The highest BCUT2D eigenvalue weighted by Crippen LogP contribution is 2.23. The van der Waals surface area contributed by atoms with Crippen molar-refractivity contribution < 1.29 is 0 Å². The highest BCUT2D eigenvalue weighted by atomic mass is 35.5. The summed E-state index contributed by atoms with van der Waals surface area (Å²) in [6, 6.07) is 5.43. The van der Waals surface area contributed by atoms with Gasteiger partial charge in [0.1, 0.15) is 0 Å². The molecule has 0 aliphatic carbocycles. The highest BCUT2D eigenvalue weighted by molar-refractivity contribution is 6.34. The molecule has 0 radical (unpaired) electrons. The van der Waals surface area contributed by atoms with Gasteiger partial charge < -0.3 is 5.32 Å². The molecule has 2 rings (SSSR count). The number of benzene rings is 1. The molecule has 1 aromatic carbocycles. The van der Waals surface area contributed by atoms with Crippen molar-refractivity contribution in [1.29, 1.82) is 0 Å². The Bertz CT molecular complexity index is 515. The van der Waals surface area contributed by atoms with E-state index in [1.807, 2.05) is 22.9 Å². The summed E-state index contributed by atoms with van der Waals surface area (Å²) in [4.78, 5) is 4.29. The maximum absolute atomic E-state index is 6.01. The smallest absolute Gasteiger partial charge is 0.207 e. The van der Waals surface area contributed by atoms with Gasteiger partial charge in [0.15, 0.2) is 0 Å². The number of anilines is 1. The molecule has 0 aliphatic heterocycles. The highest BCUT2D eigenvalue weighted by Gasteiger charge is 2.07. The number of aromatic nitrogens is 2. The van der Waals surface area contributed by atoms with Crippen LogP contribution in [-0.2, 0) is 0 Å². The van der Waals surface area contributed by atoms with Crippen LogP contribution in [0.2, 0.25) is 10.0 Å². The largest absolute Gasteiger partial charge is 0.355 e. The fourth-order valence-electron chi connectivity index (χ4n) is 1.62. The van der Waals surface area contributed by atoms with Crippen LogP contribution in [0.15, 0.2) is 30.6 Å². The van der Waals surface area contributed by atoms with Gasteiger partial charge in [0.2, 0.25) is 5.95 Å². The van der Waals surface area contributed by atoms with Crippen molar-refractivity contribution in [2.24, 2.45) is 5.92 Å². The average molecular weight is 284 g/mol. The molecular formula is C13H15Cl2N3. The lowest BCUT2D eigenvalue weighted by Crippen LogP contribution is -2.12. The van der Waals surface area contributed by atoms with E-state index in [0.717, 1.165) is 18.2 Å². The summed E-state index contributed by atoms with van der Waals surface area (Å²) in [6.45, 7) is 5.17. The van der Waals surface area contributed by atoms with E-state index in [1.165, 1.54) is 0 Å². The van der Waals surface area contributed by atoms with Crippen molar-refractivity contribution in [3.63, 3.8) is 0 Å². The second-order valence-electron chi connectivity index (χ2n) is 4.52. The molecule has 0 saturated heterocycles. The molecule has 5 heteroatoms. The van der Waals surface area contributed by atoms with Gasteiger partial charge >= 0.3 is 0 Å². The third-order valence-electron chi connectivity index (χ3n) is 2.43. The molecule has 1 aromatic heterocycles. The van der Waals surface area contributed by atoms with Gasteiger partial charge in [-0.05, 0) is 24.1 Å². The topological polar surface area (TPSA) is 29.9 Å². The first kappa shape index (κ1) is 13.2. The van der Waals surface area contributed by atoms with E-state index < -0.39 is 0 Å². The summed E-state index contributed by atoms with van der Waals surface area (Å²) in [7, 11) is 0. The molecule has 18 heavy (non-hydrogen) atoms. The lowest BCUT2D eigenvalue weighted by molar-refractivity contribution is 0.683. The molecule has 96 valence electrons. The third-order valence-corrected chi connectivity index (χ3v) is 2.87. The number of hydrogen-bond acceptors (Lipinski definition) is 2. The molecule has 0 aliphatic rings. The standard InChI is InChI=1S/C13H15Cl2N3/c1-9(2)8-17-13-16-3-4-18(13)12-6-10(14)5-11(15)7-12/h3-7,9H,8H2,1-2H3,(H,16,17). The molecule has 0 amide bonds. The van der Waals surface area contributed by atoms with Crippen molar-refractivity contribution in [3.05, 3.63) is 40.6 Å². The second-order valence-corrected chi connectivity index (χ2v) is 5.40. The molecule has 0 bridgehead atoms. The predicted octanol–water partition coefficient (Wildman–Crippen LogP) is 4.25. The maximum Gasteiger partial charge on any atom is 0.207 e. The summed E-state index contributed by atoms with van der Waals surface area (Å²) >= 11 is 12.0. The summed E-state index contributed by atoms with van der Waals surface area (Å²) in [6.07, 6.45) is 3.63. The number of hydrogen-bond donors (Lipinski definition) is 1. The molecule has 0 fully saturated rings. The van der Waals surface area contributed by atoms with E-state index in [-0.39, 0.29) is 0 Å². The van der Waals surface area contributed by atoms with Crippen molar-refractivity contribution in [2.45, 2.75) is 13.8 Å². The summed E-state index contributed by atoms with van der Waals surface area (Å²) in [5, 5.41) is 4.52. The van der Waals surface area contributed by atoms with Crippen LogP contribution in [0.3, 0.4) is 0 Å². The SMILES string of the molecule is CC(C)CNc1nccn1-c1cc(Cl)cc(Cl)c1. The van der Waals surface area contributed by atoms with Crippen LogP contribution in [-0.4, -0.2) is 16.1 Å². The minimum Gasteiger partial charge on any atom is -0.355 e. The van der Waals surface area contributed by atoms with E-state index in [0.29, 0.717) is 16.0 Å². The van der Waals surface area contributed by atoms with Crippen molar-refractivity contribution in [3.8, 4) is 5.69 Å². The first-order valence-corrected chi connectivity index (χ1v) is 6.55. The van der Waals surface area contributed by atoms with Gasteiger partial charge in [-0.25, -0.2) is 4.98 Å². The number of halogens is 2. The van der Waals surface area contributed by atoms with Crippen molar-refractivity contribution in [2.75, 3.05) is 11.9 Å². The minimum absolute atomic E-state index is 0.554. The molecule has 0 unspecified atom stereocenters. The summed E-state index contributed by atoms with van der Waals surface area (Å²) in [5.41, 5.74) is 0.899. The normalized spacial score (nSPS) is 10.9. The Morgan fingerprint density at radius 1 is 1.22 bits per heavy atom. The van der Waals surface area contributed by atoms with Crippen LogP contribution >= 0.6 is 23.2 Å². The Labute approximate surface area is 117 Å². The first-order valence-electron chi connectivity index (χ1n) is 5.80. The predicted molar refractivity (Wildman–Crippen MR) is 76.9 cm³/mol. The minimum atomic E-state index is 0.554. The zero-order valence-corrected chi connectivity index (χ0v) is 11.8. The molecule has 0 atom stereocenters. The monoisotopic (exact) mass is 283 g/mol. The number of nitrogens with zero attached hydrogens (tertiary/aromatic N) is 2. The lowest BCUT2D eigenvalue weighted by Gasteiger charge is -2.12. The van der Waals surface area contributed by atoms with E-state index in [2.05, 4.69) is 24.1 Å². The number of rotatable bonds is 4. The van der Waals surface area contributed by atoms with Gasteiger partial charge in [0.05, 0.1) is 5.69 Å². The van der Waals surface area contributed by atoms with Crippen LogP contribution in [0.4, 0.5) is 5.95 Å². The van der Waals surface area contributed by atoms with Gasteiger partial charge in [-0.2, -0.15) is 0 Å². The number of nitrogens with one attached hydrogen (secondary N) is 1. The Balaban J connectivity index is 2.30. The van der Waals surface area contributed by atoms with Gasteiger partial charge in [-0.15, -0.1) is 0 Å². The van der Waals surface area contributed by atoms with Gasteiger partial charge in [0, 0.05) is 29.0 Å². The van der Waals surface area contributed by atoms with Crippen LogP contribution in [0, 0.1) is 5.92 Å². The lowest BCUT2D eigenvalue weighted by atomic mass is 10.2. The van der Waals surface area contributed by atoms with Gasteiger partial charge in [-0.3, -0.25) is 4.57 Å². The maximum atomic E-state index is 6.01. The van der Waals surface area contributed by atoms with Crippen molar-refractivity contribution >= 4 is 29.2 Å². The number of imidazole rings is 1. The van der Waals surface area contributed by atoms with Crippen LogP contribution in [0.5, 0.6) is 0 Å². The molecule has 2 aromatic rings. The van der Waals surface area contributed by atoms with E-state index in [4.69, 9.17) is 23.2 Å². The Hall–Kier alpha value is -1.19. The molecule has 1 heterocycles. The zero-order chi connectivity index (χ0) is 13.1. The Kier molecular flexibility index (Phi) is 4.15. The van der Waals surface area contributed by atoms with Crippen LogP contribution < -0.4 is 5.32 Å². The Morgan fingerprint density at radius 3 is 2.50 bits per heavy atom. The van der Waals surface area contributed by atoms with Gasteiger partial charge in [0.25, 0.3) is 0 Å². The van der Waals surface area contributed by atoms with E-state index in [9.17, 15) is 0 Å². The Morgan fingerprint density at radius 2 is 1.89 bits per heavy atom. The quantitative estimate of drug-likeness (QED) is 0.909. The zero-order valence-electron chi connectivity index (χ0n) is 10.3. The van der Waals surface area contributed by atoms with Crippen LogP contribution in [0.1, 0.15) is 13.8 Å². The van der Waals surface area contributed by atoms with Crippen molar-refractivity contribution in [1.82, 2.24) is 9.55 Å². The molecule has 0 saturated carbocycles. The van der Waals surface area contributed by atoms with Crippen LogP contribution in [0.25, 0.3) is 5.69 Å². The fourth-order valence-corrected chi connectivity index (χ4v) is 2.13. The third kappa shape index (κ3) is 3.18. The second kappa shape index (κ2) is 5.63. The molecular weight excluding hydrogens is 269 g/mol. The van der Waals surface area contributed by atoms with E-state index in [1.54, 1.807) is 12.3 Å². The molecule has 1 N–H and O–H groups in total. The summed E-state index contributed by atoms with van der Waals surface area (Å²) < 4.78 is 1.93. The molecule has 0 spiro atoms. The van der Waals surface area contributed by atoms with Gasteiger partial charge in [-0.1, -0.05) is 37.0 Å².